The van der Waals surface area contributed by atoms with Crippen molar-refractivity contribution in [3.8, 4) is 0 Å². The Morgan fingerprint density at radius 1 is 1.35 bits per heavy atom. The molecule has 1 unspecified atom stereocenters. The van der Waals surface area contributed by atoms with Gasteiger partial charge in [-0.15, -0.1) is 0 Å². The monoisotopic (exact) mass is 342 g/mol. The summed E-state index contributed by atoms with van der Waals surface area (Å²) in [5.74, 6) is -1.54. The van der Waals surface area contributed by atoms with Crippen molar-refractivity contribution in [2.45, 2.75) is 20.8 Å². The predicted octanol–water partition coefficient (Wildman–Crippen LogP) is 3.24. The molecule has 1 rings (SSSR count). The van der Waals surface area contributed by atoms with Gasteiger partial charge in [0.1, 0.15) is 0 Å². The van der Waals surface area contributed by atoms with Crippen LogP contribution >= 0.6 is 15.9 Å². The molecule has 5 nitrogen and oxygen atoms in total. The third-order valence-corrected chi connectivity index (χ3v) is 3.89. The van der Waals surface area contributed by atoms with E-state index in [0.29, 0.717) is 5.69 Å². The number of carbonyl (C=O) groups is 2. The number of hydrogen-bond donors (Lipinski definition) is 3. The molecule has 0 aliphatic rings. The zero-order valence-corrected chi connectivity index (χ0v) is 13.3. The molecule has 0 aliphatic carbocycles. The molecule has 1 atom stereocenters. The van der Waals surface area contributed by atoms with E-state index in [0.717, 1.165) is 10.0 Å². The Labute approximate surface area is 126 Å². The van der Waals surface area contributed by atoms with Gasteiger partial charge in [0.05, 0.1) is 5.92 Å². The number of urea groups is 1. The van der Waals surface area contributed by atoms with Crippen LogP contribution in [0.1, 0.15) is 19.4 Å². The summed E-state index contributed by atoms with van der Waals surface area (Å²) in [7, 11) is 0. The SMILES string of the molecule is Cc1ccc(NC(=O)NCC(C(=O)O)C(C)C)cc1Br. The fraction of sp³-hybridized carbons (Fsp3) is 0.429. The first-order valence-corrected chi connectivity index (χ1v) is 7.14. The largest absolute Gasteiger partial charge is 0.481 e. The Bertz CT molecular complexity index is 503. The minimum absolute atomic E-state index is 0.0404. The third kappa shape index (κ3) is 4.85. The normalized spacial score (nSPS) is 12.1. The molecule has 0 spiro atoms. The van der Waals surface area contributed by atoms with Crippen molar-refractivity contribution >= 4 is 33.6 Å². The summed E-state index contributed by atoms with van der Waals surface area (Å²) in [6.07, 6.45) is 0. The number of aryl methyl sites for hydroxylation is 1. The van der Waals surface area contributed by atoms with E-state index in [1.54, 1.807) is 12.1 Å². The van der Waals surface area contributed by atoms with Crippen LogP contribution in [0.25, 0.3) is 0 Å². The van der Waals surface area contributed by atoms with Gasteiger partial charge in [0.2, 0.25) is 0 Å². The first kappa shape index (κ1) is 16.5. The Morgan fingerprint density at radius 3 is 2.50 bits per heavy atom. The van der Waals surface area contributed by atoms with Crippen molar-refractivity contribution in [2.24, 2.45) is 11.8 Å². The summed E-state index contributed by atoms with van der Waals surface area (Å²) in [4.78, 5) is 22.7. The number of rotatable bonds is 5. The summed E-state index contributed by atoms with van der Waals surface area (Å²) in [5, 5.41) is 14.3. The van der Waals surface area contributed by atoms with Gasteiger partial charge < -0.3 is 15.7 Å². The molecule has 0 radical (unpaired) electrons. The molecule has 110 valence electrons. The molecule has 0 heterocycles. The Balaban J connectivity index is 2.55. The van der Waals surface area contributed by atoms with E-state index in [1.807, 2.05) is 26.8 Å². The van der Waals surface area contributed by atoms with Crippen LogP contribution in [0.5, 0.6) is 0 Å². The number of aliphatic carboxylic acids is 1. The number of carbonyl (C=O) groups excluding carboxylic acids is 1. The van der Waals surface area contributed by atoms with Crippen molar-refractivity contribution in [1.82, 2.24) is 5.32 Å². The van der Waals surface area contributed by atoms with Crippen molar-refractivity contribution < 1.29 is 14.7 Å². The summed E-state index contributed by atoms with van der Waals surface area (Å²) < 4.78 is 0.904. The number of hydrogen-bond acceptors (Lipinski definition) is 2. The van der Waals surface area contributed by atoms with E-state index in [1.165, 1.54) is 0 Å². The van der Waals surface area contributed by atoms with Crippen LogP contribution in [0, 0.1) is 18.8 Å². The first-order chi connectivity index (χ1) is 9.31. The highest BCUT2D eigenvalue weighted by Gasteiger charge is 2.21. The summed E-state index contributed by atoms with van der Waals surface area (Å²) in [6, 6.07) is 5.06. The third-order valence-electron chi connectivity index (χ3n) is 3.03. The van der Waals surface area contributed by atoms with Gasteiger partial charge in [0.25, 0.3) is 0 Å². The Morgan fingerprint density at radius 2 is 2.00 bits per heavy atom. The summed E-state index contributed by atoms with van der Waals surface area (Å²) in [6.45, 7) is 5.69. The fourth-order valence-corrected chi connectivity index (χ4v) is 2.04. The second-order valence-corrected chi connectivity index (χ2v) is 5.84. The zero-order chi connectivity index (χ0) is 15.3. The van der Waals surface area contributed by atoms with Crippen LogP contribution in [0.15, 0.2) is 22.7 Å². The molecule has 1 aromatic carbocycles. The lowest BCUT2D eigenvalue weighted by Gasteiger charge is -2.17. The maximum atomic E-state index is 11.7. The minimum atomic E-state index is -0.904. The summed E-state index contributed by atoms with van der Waals surface area (Å²) >= 11 is 3.39. The van der Waals surface area contributed by atoms with Crippen molar-refractivity contribution in [3.05, 3.63) is 28.2 Å². The molecule has 20 heavy (non-hydrogen) atoms. The van der Waals surface area contributed by atoms with E-state index in [4.69, 9.17) is 5.11 Å². The number of nitrogens with one attached hydrogen (secondary N) is 2. The topological polar surface area (TPSA) is 78.4 Å². The lowest BCUT2D eigenvalue weighted by Crippen LogP contribution is -2.37. The molecule has 1 aromatic rings. The lowest BCUT2D eigenvalue weighted by atomic mass is 9.96. The molecule has 3 N–H and O–H groups in total. The number of anilines is 1. The van der Waals surface area contributed by atoms with Crippen LogP contribution < -0.4 is 10.6 Å². The highest BCUT2D eigenvalue weighted by atomic mass is 79.9. The average Bonchev–Trinajstić information content (AvgIpc) is 2.33. The van der Waals surface area contributed by atoms with Crippen molar-refractivity contribution in [3.63, 3.8) is 0 Å². The first-order valence-electron chi connectivity index (χ1n) is 6.35. The van der Waals surface area contributed by atoms with E-state index in [9.17, 15) is 9.59 Å². The molecule has 0 aromatic heterocycles. The fourth-order valence-electron chi connectivity index (χ4n) is 1.66. The standard InChI is InChI=1S/C14H19BrN2O3/c1-8(2)11(13(18)19)7-16-14(20)17-10-5-4-9(3)12(15)6-10/h4-6,8,11H,7H2,1-3H3,(H,18,19)(H2,16,17,20). The molecule has 0 bridgehead atoms. The van der Waals surface area contributed by atoms with Gasteiger partial charge >= 0.3 is 12.0 Å². The molecule has 0 fully saturated rings. The summed E-state index contributed by atoms with van der Waals surface area (Å²) in [5.41, 5.74) is 1.72. The van der Waals surface area contributed by atoms with Gasteiger partial charge in [-0.25, -0.2) is 4.79 Å². The number of halogens is 1. The van der Waals surface area contributed by atoms with Gasteiger partial charge in [-0.05, 0) is 30.5 Å². The Kier molecular flexibility index (Phi) is 6.01. The molecule has 6 heteroatoms. The molecule has 0 saturated carbocycles. The maximum absolute atomic E-state index is 11.7. The smallest absolute Gasteiger partial charge is 0.319 e. The predicted molar refractivity (Wildman–Crippen MR) is 81.9 cm³/mol. The second-order valence-electron chi connectivity index (χ2n) is 4.99. The molecule has 0 saturated heterocycles. The molecular weight excluding hydrogens is 324 g/mol. The number of amides is 2. The highest BCUT2D eigenvalue weighted by Crippen LogP contribution is 2.20. The lowest BCUT2D eigenvalue weighted by molar-refractivity contribution is -0.142. The van der Waals surface area contributed by atoms with Gasteiger partial charge in [0.15, 0.2) is 0 Å². The van der Waals surface area contributed by atoms with Crippen molar-refractivity contribution in [1.29, 1.82) is 0 Å². The van der Waals surface area contributed by atoms with Gasteiger partial charge in [0, 0.05) is 16.7 Å². The van der Waals surface area contributed by atoms with E-state index >= 15 is 0 Å². The van der Waals surface area contributed by atoms with Crippen LogP contribution in [-0.2, 0) is 4.79 Å². The number of carboxylic acids is 1. The van der Waals surface area contributed by atoms with Gasteiger partial charge in [-0.3, -0.25) is 4.79 Å². The van der Waals surface area contributed by atoms with E-state index in [-0.39, 0.29) is 12.5 Å². The molecule has 0 aliphatic heterocycles. The van der Waals surface area contributed by atoms with Crippen LogP contribution in [-0.4, -0.2) is 23.7 Å². The van der Waals surface area contributed by atoms with E-state index < -0.39 is 17.9 Å². The van der Waals surface area contributed by atoms with Crippen molar-refractivity contribution in [2.75, 3.05) is 11.9 Å². The van der Waals surface area contributed by atoms with E-state index in [2.05, 4.69) is 26.6 Å². The second kappa shape index (κ2) is 7.28. The average molecular weight is 343 g/mol. The number of benzene rings is 1. The van der Waals surface area contributed by atoms with Gasteiger partial charge in [-0.2, -0.15) is 0 Å². The minimum Gasteiger partial charge on any atom is -0.481 e. The van der Waals surface area contributed by atoms with Crippen LogP contribution in [0.3, 0.4) is 0 Å². The molecule has 2 amide bonds. The maximum Gasteiger partial charge on any atom is 0.319 e. The van der Waals surface area contributed by atoms with Gasteiger partial charge in [-0.1, -0.05) is 35.8 Å². The van der Waals surface area contributed by atoms with Crippen LogP contribution in [0.4, 0.5) is 10.5 Å². The Hall–Kier alpha value is -1.56. The molecular formula is C14H19BrN2O3. The number of carboxylic acid groups (broad SMARTS) is 1. The van der Waals surface area contributed by atoms with Crippen LogP contribution in [0.2, 0.25) is 0 Å². The quantitative estimate of drug-likeness (QED) is 0.768. The zero-order valence-electron chi connectivity index (χ0n) is 11.7. The highest BCUT2D eigenvalue weighted by molar-refractivity contribution is 9.10.